The van der Waals surface area contributed by atoms with Crippen LogP contribution in [0.3, 0.4) is 0 Å². The monoisotopic (exact) mass is 356 g/mol. The lowest BCUT2D eigenvalue weighted by Gasteiger charge is -2.27. The van der Waals surface area contributed by atoms with E-state index in [4.69, 9.17) is 4.74 Å². The maximum absolute atomic E-state index is 13.3. The molecule has 0 bridgehead atoms. The maximum atomic E-state index is 13.3. The minimum absolute atomic E-state index is 0.167. The molecule has 2 unspecified atom stereocenters. The number of anilines is 2. The van der Waals surface area contributed by atoms with Gasteiger partial charge in [-0.05, 0) is 35.9 Å². The summed E-state index contributed by atoms with van der Waals surface area (Å²) in [5.41, 5.74) is 2.83. The number of ether oxygens (including phenoxy) is 1. The van der Waals surface area contributed by atoms with Gasteiger partial charge in [-0.2, -0.15) is 0 Å². The topological polar surface area (TPSA) is 58.6 Å². The summed E-state index contributed by atoms with van der Waals surface area (Å²) in [4.78, 5) is 27.6. The van der Waals surface area contributed by atoms with E-state index < -0.39 is 12.1 Å². The van der Waals surface area contributed by atoms with E-state index in [1.807, 2.05) is 66.7 Å². The Labute approximate surface area is 156 Å². The van der Waals surface area contributed by atoms with Crippen molar-refractivity contribution in [3.63, 3.8) is 0 Å². The fourth-order valence-electron chi connectivity index (χ4n) is 3.75. The molecule has 0 fully saturated rings. The average Bonchev–Trinajstić information content (AvgIpc) is 3.24. The zero-order chi connectivity index (χ0) is 18.4. The molecule has 5 heteroatoms. The van der Waals surface area contributed by atoms with E-state index in [-0.39, 0.29) is 11.8 Å². The average molecular weight is 356 g/mol. The van der Waals surface area contributed by atoms with Gasteiger partial charge in [0.25, 0.3) is 5.91 Å². The van der Waals surface area contributed by atoms with E-state index in [2.05, 4.69) is 5.32 Å². The fraction of sp³-hybridized carbons (Fsp3) is 0.0909. The molecule has 1 N–H and O–H groups in total. The number of carbonyl (C=O) groups is 2. The highest BCUT2D eigenvalue weighted by atomic mass is 16.5. The number of para-hydroxylation sites is 3. The van der Waals surface area contributed by atoms with Crippen LogP contribution in [0.5, 0.6) is 5.75 Å². The number of nitrogens with one attached hydrogen (secondary N) is 1. The molecule has 3 aromatic carbocycles. The maximum Gasteiger partial charge on any atom is 0.261 e. The molecule has 3 aromatic rings. The molecule has 0 aliphatic carbocycles. The fourth-order valence-corrected chi connectivity index (χ4v) is 3.75. The molecule has 132 valence electrons. The molecular formula is C22H16N2O3. The first-order valence-electron chi connectivity index (χ1n) is 8.78. The standard InChI is InChI=1S/C22H16N2O3/c25-20-19(15-10-4-5-11-16(15)23-20)22-24(17-12-6-7-13-18(17)27-22)21(26)14-8-2-1-3-9-14/h1-13,19,22H,(H,23,25). The van der Waals surface area contributed by atoms with Crippen molar-refractivity contribution >= 4 is 23.2 Å². The molecule has 27 heavy (non-hydrogen) atoms. The van der Waals surface area contributed by atoms with Crippen LogP contribution < -0.4 is 15.0 Å². The van der Waals surface area contributed by atoms with Crippen LogP contribution in [0.1, 0.15) is 21.8 Å². The van der Waals surface area contributed by atoms with Crippen molar-refractivity contribution in [2.75, 3.05) is 10.2 Å². The third-order valence-corrected chi connectivity index (χ3v) is 4.99. The Morgan fingerprint density at radius 3 is 2.44 bits per heavy atom. The first-order chi connectivity index (χ1) is 13.2. The van der Waals surface area contributed by atoms with Crippen molar-refractivity contribution in [2.45, 2.75) is 12.1 Å². The molecule has 0 saturated carbocycles. The van der Waals surface area contributed by atoms with Crippen molar-refractivity contribution in [3.8, 4) is 5.75 Å². The quantitative estimate of drug-likeness (QED) is 0.760. The van der Waals surface area contributed by atoms with Gasteiger partial charge in [0, 0.05) is 11.3 Å². The molecule has 2 heterocycles. The van der Waals surface area contributed by atoms with Gasteiger partial charge in [0.2, 0.25) is 5.91 Å². The summed E-state index contributed by atoms with van der Waals surface area (Å²) >= 11 is 0. The second-order valence-corrected chi connectivity index (χ2v) is 6.57. The van der Waals surface area contributed by atoms with E-state index in [1.54, 1.807) is 17.0 Å². The molecule has 2 atom stereocenters. The zero-order valence-electron chi connectivity index (χ0n) is 14.3. The van der Waals surface area contributed by atoms with Crippen LogP contribution in [0.25, 0.3) is 0 Å². The smallest absolute Gasteiger partial charge is 0.261 e. The largest absolute Gasteiger partial charge is 0.467 e. The van der Waals surface area contributed by atoms with Gasteiger partial charge in [-0.3, -0.25) is 14.5 Å². The lowest BCUT2D eigenvalue weighted by molar-refractivity contribution is -0.118. The van der Waals surface area contributed by atoms with Gasteiger partial charge >= 0.3 is 0 Å². The summed E-state index contributed by atoms with van der Waals surface area (Å²) in [6, 6.07) is 23.9. The number of rotatable bonds is 2. The molecule has 0 spiro atoms. The summed E-state index contributed by atoms with van der Waals surface area (Å²) in [5, 5.41) is 2.89. The summed E-state index contributed by atoms with van der Waals surface area (Å²) in [7, 11) is 0. The predicted octanol–water partition coefficient (Wildman–Crippen LogP) is 3.79. The number of carbonyl (C=O) groups excluding carboxylic acids is 2. The van der Waals surface area contributed by atoms with Gasteiger partial charge in [-0.15, -0.1) is 0 Å². The van der Waals surface area contributed by atoms with Gasteiger partial charge in [-0.1, -0.05) is 48.5 Å². The van der Waals surface area contributed by atoms with Crippen LogP contribution in [-0.2, 0) is 4.79 Å². The normalized spacial score (nSPS) is 19.9. The van der Waals surface area contributed by atoms with Crippen LogP contribution in [0, 0.1) is 0 Å². The number of fused-ring (bicyclic) bond motifs is 2. The number of benzene rings is 3. The summed E-state index contributed by atoms with van der Waals surface area (Å²) in [6.07, 6.45) is -0.737. The van der Waals surface area contributed by atoms with Crippen molar-refractivity contribution in [1.82, 2.24) is 0 Å². The predicted molar refractivity (Wildman–Crippen MR) is 102 cm³/mol. The van der Waals surface area contributed by atoms with Crippen molar-refractivity contribution < 1.29 is 14.3 Å². The van der Waals surface area contributed by atoms with Crippen molar-refractivity contribution in [2.24, 2.45) is 0 Å². The highest BCUT2D eigenvalue weighted by molar-refractivity contribution is 6.10. The SMILES string of the molecule is O=C1Nc2ccccc2C1C1Oc2ccccc2N1C(=O)c1ccccc1. The summed E-state index contributed by atoms with van der Waals surface area (Å²) in [5.74, 6) is -0.354. The second-order valence-electron chi connectivity index (χ2n) is 6.57. The molecule has 0 saturated heterocycles. The summed E-state index contributed by atoms with van der Waals surface area (Å²) < 4.78 is 6.12. The number of nitrogens with zero attached hydrogens (tertiary/aromatic N) is 1. The Morgan fingerprint density at radius 2 is 1.59 bits per heavy atom. The minimum atomic E-state index is -0.737. The third-order valence-electron chi connectivity index (χ3n) is 4.99. The van der Waals surface area contributed by atoms with Gasteiger partial charge < -0.3 is 10.1 Å². The first kappa shape index (κ1) is 15.6. The zero-order valence-corrected chi connectivity index (χ0v) is 14.3. The lowest BCUT2D eigenvalue weighted by atomic mass is 9.97. The second kappa shape index (κ2) is 5.99. The molecule has 5 nitrogen and oxygen atoms in total. The minimum Gasteiger partial charge on any atom is -0.467 e. The lowest BCUT2D eigenvalue weighted by Crippen LogP contribution is -2.45. The van der Waals surface area contributed by atoms with E-state index in [1.165, 1.54) is 0 Å². The highest BCUT2D eigenvalue weighted by Crippen LogP contribution is 2.45. The van der Waals surface area contributed by atoms with Crippen LogP contribution in [0.4, 0.5) is 11.4 Å². The molecule has 5 rings (SSSR count). The summed E-state index contributed by atoms with van der Waals surface area (Å²) in [6.45, 7) is 0. The van der Waals surface area contributed by atoms with Crippen LogP contribution in [0.2, 0.25) is 0 Å². The molecule has 0 aromatic heterocycles. The van der Waals surface area contributed by atoms with E-state index in [9.17, 15) is 9.59 Å². The van der Waals surface area contributed by atoms with Gasteiger partial charge in [0.15, 0.2) is 6.23 Å². The van der Waals surface area contributed by atoms with Crippen molar-refractivity contribution in [1.29, 1.82) is 0 Å². The van der Waals surface area contributed by atoms with Crippen molar-refractivity contribution in [3.05, 3.63) is 90.0 Å². The Balaban J connectivity index is 1.62. The van der Waals surface area contributed by atoms with Gasteiger partial charge in [-0.25, -0.2) is 0 Å². The van der Waals surface area contributed by atoms with E-state index in [0.717, 1.165) is 11.3 Å². The third kappa shape index (κ3) is 2.39. The van der Waals surface area contributed by atoms with E-state index in [0.29, 0.717) is 17.0 Å². The Morgan fingerprint density at radius 1 is 0.889 bits per heavy atom. The highest BCUT2D eigenvalue weighted by Gasteiger charge is 2.47. The van der Waals surface area contributed by atoms with Gasteiger partial charge in [0.1, 0.15) is 11.7 Å². The Kier molecular flexibility index (Phi) is 3.47. The Bertz CT molecular complexity index is 1050. The first-order valence-corrected chi connectivity index (χ1v) is 8.78. The molecule has 0 radical (unpaired) electrons. The van der Waals surface area contributed by atoms with Gasteiger partial charge in [0.05, 0.1) is 5.69 Å². The number of hydrogen-bond donors (Lipinski definition) is 1. The van der Waals surface area contributed by atoms with Crippen LogP contribution in [-0.4, -0.2) is 18.0 Å². The molecule has 2 amide bonds. The van der Waals surface area contributed by atoms with Crippen LogP contribution >= 0.6 is 0 Å². The molecule has 2 aliphatic rings. The van der Waals surface area contributed by atoms with Crippen LogP contribution in [0.15, 0.2) is 78.9 Å². The molecule has 2 aliphatic heterocycles. The molecular weight excluding hydrogens is 340 g/mol. The number of hydrogen-bond acceptors (Lipinski definition) is 3. The number of amides is 2. The van der Waals surface area contributed by atoms with E-state index >= 15 is 0 Å². The Hall–Kier alpha value is -3.60.